The molecule has 0 spiro atoms. The van der Waals surface area contributed by atoms with Gasteiger partial charge in [-0.25, -0.2) is 4.98 Å². The average Bonchev–Trinajstić information content (AvgIpc) is 3.31. The zero-order chi connectivity index (χ0) is 23.2. The molecule has 7 heteroatoms. The van der Waals surface area contributed by atoms with Gasteiger partial charge in [0.1, 0.15) is 11.0 Å². The van der Waals surface area contributed by atoms with Crippen LogP contribution < -0.4 is 10.1 Å². The van der Waals surface area contributed by atoms with Gasteiger partial charge in [-0.2, -0.15) is 0 Å². The average molecular weight is 458 g/mol. The summed E-state index contributed by atoms with van der Waals surface area (Å²) in [7, 11) is 1.62. The normalized spacial score (nSPS) is 11.6. The number of nitrogens with one attached hydrogen (secondary N) is 1. The topological polar surface area (TPSA) is 73.2 Å². The van der Waals surface area contributed by atoms with Crippen LogP contribution in [0.15, 0.2) is 96.4 Å². The number of thioether (sulfide) groups is 1. The summed E-state index contributed by atoms with van der Waals surface area (Å²) in [6.45, 7) is 1.50. The second-order valence-electron chi connectivity index (χ2n) is 7.32. The van der Waals surface area contributed by atoms with E-state index >= 15 is 0 Å². The monoisotopic (exact) mass is 457 g/mol. The fourth-order valence-electron chi connectivity index (χ4n) is 3.36. The van der Waals surface area contributed by atoms with E-state index in [1.54, 1.807) is 37.6 Å². The molecule has 0 aliphatic heterocycles. The maximum Gasteiger partial charge on any atom is 0.242 e. The number of hydrogen-bond acceptors (Lipinski definition) is 5. The first-order chi connectivity index (χ1) is 16.0. The predicted molar refractivity (Wildman–Crippen MR) is 130 cm³/mol. The SMILES string of the molecule is COc1cccc(-n2ccnc2SC(C(=O)Nc2cccc(C(C)=O)c2)c2ccccc2)c1. The minimum atomic E-state index is -0.557. The Balaban J connectivity index is 1.64. The summed E-state index contributed by atoms with van der Waals surface area (Å²) in [6, 6.07) is 24.2. The Kier molecular flexibility index (Phi) is 6.90. The molecular formula is C26H23N3O3S. The Labute approximate surface area is 196 Å². The Morgan fingerprint density at radius 2 is 1.79 bits per heavy atom. The first-order valence-electron chi connectivity index (χ1n) is 10.4. The van der Waals surface area contributed by atoms with Crippen molar-refractivity contribution in [3.63, 3.8) is 0 Å². The standard InChI is InChI=1S/C26H23N3O3S/c1-18(30)20-10-6-11-21(16-20)28-25(31)24(19-8-4-3-5-9-19)33-26-27-14-15-29(26)22-12-7-13-23(17-22)32-2/h3-17,24H,1-2H3,(H,28,31). The minimum absolute atomic E-state index is 0.0552. The fraction of sp³-hybridized carbons (Fsp3) is 0.115. The van der Waals surface area contributed by atoms with Gasteiger partial charge >= 0.3 is 0 Å². The molecule has 1 amide bonds. The second-order valence-corrected chi connectivity index (χ2v) is 8.39. The number of Topliss-reactive ketones (excluding diaryl/α,β-unsaturated/α-hetero) is 1. The molecule has 1 N–H and O–H groups in total. The van der Waals surface area contributed by atoms with Crippen LogP contribution in [0.5, 0.6) is 5.75 Å². The van der Waals surface area contributed by atoms with Crippen molar-refractivity contribution in [2.45, 2.75) is 17.3 Å². The van der Waals surface area contributed by atoms with Gasteiger partial charge in [-0.15, -0.1) is 0 Å². The molecule has 33 heavy (non-hydrogen) atoms. The number of nitrogens with zero attached hydrogens (tertiary/aromatic N) is 2. The highest BCUT2D eigenvalue weighted by Gasteiger charge is 2.25. The van der Waals surface area contributed by atoms with Crippen molar-refractivity contribution in [1.29, 1.82) is 0 Å². The van der Waals surface area contributed by atoms with Crippen LogP contribution in [0.3, 0.4) is 0 Å². The van der Waals surface area contributed by atoms with Crippen molar-refractivity contribution in [2.75, 3.05) is 12.4 Å². The highest BCUT2D eigenvalue weighted by Crippen LogP contribution is 2.36. The first kappa shape index (κ1) is 22.4. The van der Waals surface area contributed by atoms with E-state index < -0.39 is 5.25 Å². The van der Waals surface area contributed by atoms with Crippen LogP contribution in [0, 0.1) is 0 Å². The Morgan fingerprint density at radius 1 is 1.00 bits per heavy atom. The number of carbonyl (C=O) groups excluding carboxylic acids is 2. The van der Waals surface area contributed by atoms with Crippen molar-refractivity contribution in [3.8, 4) is 11.4 Å². The molecule has 166 valence electrons. The summed E-state index contributed by atoms with van der Waals surface area (Å²) in [5.41, 5.74) is 2.86. The number of rotatable bonds is 8. The van der Waals surface area contributed by atoms with E-state index in [1.807, 2.05) is 65.4 Å². The molecule has 6 nitrogen and oxygen atoms in total. The van der Waals surface area contributed by atoms with Gasteiger partial charge in [-0.1, -0.05) is 60.3 Å². The summed E-state index contributed by atoms with van der Waals surface area (Å²) in [5.74, 6) is 0.479. The summed E-state index contributed by atoms with van der Waals surface area (Å²) in [4.78, 5) is 29.6. The molecule has 3 aromatic carbocycles. The van der Waals surface area contributed by atoms with Crippen molar-refractivity contribution < 1.29 is 14.3 Å². The number of aromatic nitrogens is 2. The molecule has 0 radical (unpaired) electrons. The first-order valence-corrected chi connectivity index (χ1v) is 11.2. The number of anilines is 1. The molecule has 0 aliphatic carbocycles. The molecule has 0 saturated heterocycles. The van der Waals surface area contributed by atoms with Crippen LogP contribution in [0.4, 0.5) is 5.69 Å². The van der Waals surface area contributed by atoms with Gasteiger partial charge < -0.3 is 10.1 Å². The zero-order valence-corrected chi connectivity index (χ0v) is 19.1. The van der Waals surface area contributed by atoms with Crippen molar-refractivity contribution in [1.82, 2.24) is 9.55 Å². The van der Waals surface area contributed by atoms with Crippen LogP contribution in [-0.4, -0.2) is 28.4 Å². The van der Waals surface area contributed by atoms with Crippen LogP contribution in [0.2, 0.25) is 0 Å². The smallest absolute Gasteiger partial charge is 0.242 e. The number of ketones is 1. The molecule has 1 heterocycles. The van der Waals surface area contributed by atoms with E-state index in [-0.39, 0.29) is 11.7 Å². The summed E-state index contributed by atoms with van der Waals surface area (Å²) < 4.78 is 7.27. The molecule has 0 aliphatic rings. The predicted octanol–water partition coefficient (Wildman–Crippen LogP) is 5.56. The van der Waals surface area contributed by atoms with Crippen LogP contribution in [0.25, 0.3) is 5.69 Å². The minimum Gasteiger partial charge on any atom is -0.497 e. The van der Waals surface area contributed by atoms with Crippen molar-refractivity contribution >= 4 is 29.1 Å². The molecule has 1 atom stereocenters. The Morgan fingerprint density at radius 3 is 2.55 bits per heavy atom. The quantitative estimate of drug-likeness (QED) is 0.277. The van der Waals surface area contributed by atoms with E-state index in [2.05, 4.69) is 10.3 Å². The van der Waals surface area contributed by atoms with Crippen LogP contribution in [-0.2, 0) is 4.79 Å². The molecule has 1 unspecified atom stereocenters. The largest absolute Gasteiger partial charge is 0.497 e. The maximum atomic E-state index is 13.4. The fourth-order valence-corrected chi connectivity index (χ4v) is 4.44. The van der Waals surface area contributed by atoms with Gasteiger partial charge in [0.2, 0.25) is 5.91 Å². The lowest BCUT2D eigenvalue weighted by atomic mass is 10.1. The van der Waals surface area contributed by atoms with Gasteiger partial charge in [0.15, 0.2) is 10.9 Å². The number of carbonyl (C=O) groups is 2. The van der Waals surface area contributed by atoms with E-state index in [0.29, 0.717) is 16.4 Å². The third-order valence-electron chi connectivity index (χ3n) is 5.04. The molecule has 0 bridgehead atoms. The van der Waals surface area contributed by atoms with E-state index in [1.165, 1.54) is 18.7 Å². The zero-order valence-electron chi connectivity index (χ0n) is 18.3. The van der Waals surface area contributed by atoms with Crippen LogP contribution in [0.1, 0.15) is 28.1 Å². The van der Waals surface area contributed by atoms with E-state index in [4.69, 9.17) is 4.74 Å². The number of imidazole rings is 1. The number of hydrogen-bond donors (Lipinski definition) is 1. The summed E-state index contributed by atoms with van der Waals surface area (Å²) in [6.07, 6.45) is 3.56. The third-order valence-corrected chi connectivity index (χ3v) is 6.27. The number of benzene rings is 3. The lowest BCUT2D eigenvalue weighted by Crippen LogP contribution is -2.19. The van der Waals surface area contributed by atoms with Crippen LogP contribution >= 0.6 is 11.8 Å². The highest BCUT2D eigenvalue weighted by molar-refractivity contribution is 8.00. The molecule has 4 rings (SSSR count). The Bertz CT molecular complexity index is 1270. The lowest BCUT2D eigenvalue weighted by molar-refractivity contribution is -0.115. The van der Waals surface area contributed by atoms with Gasteiger partial charge in [0, 0.05) is 29.7 Å². The molecular weight excluding hydrogens is 434 g/mol. The molecule has 0 fully saturated rings. The van der Waals surface area contributed by atoms with Gasteiger partial charge in [-0.05, 0) is 36.8 Å². The molecule has 4 aromatic rings. The number of ether oxygens (including phenoxy) is 1. The molecule has 1 aromatic heterocycles. The van der Waals surface area contributed by atoms with Gasteiger partial charge in [0.25, 0.3) is 0 Å². The lowest BCUT2D eigenvalue weighted by Gasteiger charge is -2.18. The Hall–Kier alpha value is -3.84. The second kappa shape index (κ2) is 10.2. The van der Waals surface area contributed by atoms with E-state index in [9.17, 15) is 9.59 Å². The highest BCUT2D eigenvalue weighted by atomic mass is 32.2. The molecule has 0 saturated carbocycles. The summed E-state index contributed by atoms with van der Waals surface area (Å²) in [5, 5.41) is 3.07. The number of amides is 1. The third kappa shape index (κ3) is 5.32. The van der Waals surface area contributed by atoms with E-state index in [0.717, 1.165) is 17.0 Å². The van der Waals surface area contributed by atoms with Crippen molar-refractivity contribution in [2.24, 2.45) is 0 Å². The summed E-state index contributed by atoms with van der Waals surface area (Å²) >= 11 is 1.35. The van der Waals surface area contributed by atoms with Gasteiger partial charge in [0.05, 0.1) is 12.8 Å². The maximum absolute atomic E-state index is 13.4. The number of methoxy groups -OCH3 is 1. The van der Waals surface area contributed by atoms with Gasteiger partial charge in [-0.3, -0.25) is 14.2 Å². The van der Waals surface area contributed by atoms with Crippen molar-refractivity contribution in [3.05, 3.63) is 102 Å².